The molecule has 1 nitrogen and oxygen atoms in total. The summed E-state index contributed by atoms with van der Waals surface area (Å²) in [5, 5.41) is 4.34. The lowest BCUT2D eigenvalue weighted by Gasteiger charge is -2.21. The van der Waals surface area contributed by atoms with Gasteiger partial charge in [-0.1, -0.05) is 41.9 Å². The molecule has 20 heavy (non-hydrogen) atoms. The number of nitrogens with one attached hydrogen (secondary N) is 1. The summed E-state index contributed by atoms with van der Waals surface area (Å²) in [6.07, 6.45) is 1.74. The third-order valence-electron chi connectivity index (χ3n) is 4.04. The van der Waals surface area contributed by atoms with Gasteiger partial charge in [0.1, 0.15) is 5.82 Å². The molecule has 0 radical (unpaired) electrons. The molecule has 3 rings (SSSR count). The largest absolute Gasteiger partial charge is 0.303 e. The van der Waals surface area contributed by atoms with Gasteiger partial charge in [0.05, 0.1) is 0 Å². The van der Waals surface area contributed by atoms with Crippen molar-refractivity contribution in [2.24, 2.45) is 0 Å². The van der Waals surface area contributed by atoms with Gasteiger partial charge in [0.25, 0.3) is 0 Å². The van der Waals surface area contributed by atoms with Crippen LogP contribution in [0.4, 0.5) is 4.39 Å². The molecule has 0 saturated carbocycles. The molecule has 0 bridgehead atoms. The van der Waals surface area contributed by atoms with Crippen molar-refractivity contribution in [2.75, 3.05) is 0 Å². The lowest BCUT2D eigenvalue weighted by molar-refractivity contribution is 0.465. The minimum absolute atomic E-state index is 0.0859. The topological polar surface area (TPSA) is 12.0 Å². The number of rotatable bonds is 3. The van der Waals surface area contributed by atoms with E-state index in [1.165, 1.54) is 0 Å². The van der Waals surface area contributed by atoms with Crippen LogP contribution in [0.2, 0.25) is 5.02 Å². The molecule has 104 valence electrons. The standard InChI is InChI=1S/C17H17ClFN/c1-11(12-5-2-3-7-15(12)18)20-17-10-9-13-14(17)6-4-8-16(13)19/h2-8,11,17,20H,9-10H2,1H3/t11-,17?/m0/s1. The molecule has 0 amide bonds. The summed E-state index contributed by atoms with van der Waals surface area (Å²) in [6.45, 7) is 2.10. The fourth-order valence-corrected chi connectivity index (χ4v) is 3.30. The Labute approximate surface area is 123 Å². The Morgan fingerprint density at radius 1 is 1.20 bits per heavy atom. The normalized spacial score (nSPS) is 18.9. The number of hydrogen-bond acceptors (Lipinski definition) is 1. The maximum Gasteiger partial charge on any atom is 0.126 e. The molecule has 0 aliphatic heterocycles. The van der Waals surface area contributed by atoms with E-state index in [-0.39, 0.29) is 17.9 Å². The van der Waals surface area contributed by atoms with Crippen molar-refractivity contribution in [1.82, 2.24) is 5.32 Å². The molecule has 2 aromatic carbocycles. The number of hydrogen-bond donors (Lipinski definition) is 1. The molecular formula is C17H17ClFN. The highest BCUT2D eigenvalue weighted by molar-refractivity contribution is 6.31. The Balaban J connectivity index is 1.81. The minimum atomic E-state index is -0.0859. The first-order valence-corrected chi connectivity index (χ1v) is 7.32. The van der Waals surface area contributed by atoms with Gasteiger partial charge in [-0.25, -0.2) is 4.39 Å². The Hall–Kier alpha value is -1.38. The predicted octanol–water partition coefficient (Wildman–Crippen LogP) is 4.82. The van der Waals surface area contributed by atoms with Crippen molar-refractivity contribution in [1.29, 1.82) is 0 Å². The smallest absolute Gasteiger partial charge is 0.126 e. The van der Waals surface area contributed by atoms with Gasteiger partial charge in [-0.3, -0.25) is 0 Å². The van der Waals surface area contributed by atoms with E-state index >= 15 is 0 Å². The average Bonchev–Trinajstić information content (AvgIpc) is 2.84. The molecule has 0 fully saturated rings. The van der Waals surface area contributed by atoms with Crippen LogP contribution in [-0.4, -0.2) is 0 Å². The molecule has 1 unspecified atom stereocenters. The van der Waals surface area contributed by atoms with Gasteiger partial charge in [0, 0.05) is 17.1 Å². The highest BCUT2D eigenvalue weighted by Crippen LogP contribution is 2.35. The summed E-state index contributed by atoms with van der Waals surface area (Å²) in [6, 6.07) is 13.5. The Morgan fingerprint density at radius 2 is 2.00 bits per heavy atom. The summed E-state index contributed by atoms with van der Waals surface area (Å²) >= 11 is 6.23. The molecule has 0 spiro atoms. The van der Waals surface area contributed by atoms with Crippen LogP contribution in [0.3, 0.4) is 0 Å². The van der Waals surface area contributed by atoms with Crippen LogP contribution in [0.5, 0.6) is 0 Å². The molecule has 0 heterocycles. The number of benzene rings is 2. The zero-order valence-corrected chi connectivity index (χ0v) is 12.1. The predicted molar refractivity (Wildman–Crippen MR) is 80.5 cm³/mol. The van der Waals surface area contributed by atoms with Crippen LogP contribution in [0.15, 0.2) is 42.5 Å². The summed E-state index contributed by atoms with van der Waals surface area (Å²) in [5.74, 6) is -0.0859. The molecule has 2 aromatic rings. The van der Waals surface area contributed by atoms with E-state index in [4.69, 9.17) is 11.6 Å². The fourth-order valence-electron chi connectivity index (χ4n) is 3.00. The molecular weight excluding hydrogens is 273 g/mol. The third-order valence-corrected chi connectivity index (χ3v) is 4.38. The van der Waals surface area contributed by atoms with E-state index in [1.54, 1.807) is 12.1 Å². The second-order valence-corrected chi connectivity index (χ2v) is 5.72. The van der Waals surface area contributed by atoms with Crippen LogP contribution in [0.25, 0.3) is 0 Å². The minimum Gasteiger partial charge on any atom is -0.303 e. The van der Waals surface area contributed by atoms with Crippen LogP contribution in [0.1, 0.15) is 42.1 Å². The summed E-state index contributed by atoms with van der Waals surface area (Å²) in [4.78, 5) is 0. The van der Waals surface area contributed by atoms with E-state index in [2.05, 4.69) is 12.2 Å². The Bertz CT molecular complexity index is 626. The number of halogens is 2. The lowest BCUT2D eigenvalue weighted by Crippen LogP contribution is -2.23. The van der Waals surface area contributed by atoms with Crippen LogP contribution in [-0.2, 0) is 6.42 Å². The third kappa shape index (κ3) is 2.46. The number of fused-ring (bicyclic) bond motifs is 1. The quantitative estimate of drug-likeness (QED) is 0.854. The zero-order chi connectivity index (χ0) is 14.1. The van der Waals surface area contributed by atoms with Crippen molar-refractivity contribution in [3.05, 3.63) is 70.0 Å². The molecule has 1 N–H and O–H groups in total. The Kier molecular flexibility index (Phi) is 3.77. The average molecular weight is 290 g/mol. The van der Waals surface area contributed by atoms with E-state index in [0.29, 0.717) is 0 Å². The molecule has 0 aromatic heterocycles. The lowest BCUT2D eigenvalue weighted by atomic mass is 10.0. The van der Waals surface area contributed by atoms with Gasteiger partial charge < -0.3 is 5.32 Å². The maximum atomic E-state index is 13.7. The van der Waals surface area contributed by atoms with Crippen molar-refractivity contribution >= 4 is 11.6 Å². The van der Waals surface area contributed by atoms with Gasteiger partial charge in [-0.2, -0.15) is 0 Å². The fraction of sp³-hybridized carbons (Fsp3) is 0.294. The van der Waals surface area contributed by atoms with Gasteiger partial charge in [0.15, 0.2) is 0 Å². The molecule has 3 heteroatoms. The second-order valence-electron chi connectivity index (χ2n) is 5.31. The molecule has 2 atom stereocenters. The maximum absolute atomic E-state index is 13.7. The van der Waals surface area contributed by atoms with Crippen molar-refractivity contribution in [3.63, 3.8) is 0 Å². The van der Waals surface area contributed by atoms with Crippen molar-refractivity contribution < 1.29 is 4.39 Å². The van der Waals surface area contributed by atoms with E-state index in [0.717, 1.165) is 34.6 Å². The van der Waals surface area contributed by atoms with Crippen LogP contribution >= 0.6 is 11.6 Å². The molecule has 0 saturated heterocycles. The van der Waals surface area contributed by atoms with Gasteiger partial charge in [-0.05, 0) is 48.6 Å². The monoisotopic (exact) mass is 289 g/mol. The van der Waals surface area contributed by atoms with Crippen LogP contribution < -0.4 is 5.32 Å². The van der Waals surface area contributed by atoms with E-state index < -0.39 is 0 Å². The summed E-state index contributed by atoms with van der Waals surface area (Å²) in [7, 11) is 0. The summed E-state index contributed by atoms with van der Waals surface area (Å²) in [5.41, 5.74) is 3.03. The zero-order valence-electron chi connectivity index (χ0n) is 11.4. The van der Waals surface area contributed by atoms with E-state index in [1.807, 2.05) is 30.3 Å². The highest BCUT2D eigenvalue weighted by Gasteiger charge is 2.26. The van der Waals surface area contributed by atoms with Crippen LogP contribution in [0, 0.1) is 5.82 Å². The molecule has 1 aliphatic carbocycles. The first-order chi connectivity index (χ1) is 9.66. The van der Waals surface area contributed by atoms with E-state index in [9.17, 15) is 4.39 Å². The highest BCUT2D eigenvalue weighted by atomic mass is 35.5. The molecule has 1 aliphatic rings. The van der Waals surface area contributed by atoms with Crippen molar-refractivity contribution in [2.45, 2.75) is 31.8 Å². The summed E-state index contributed by atoms with van der Waals surface area (Å²) < 4.78 is 13.7. The van der Waals surface area contributed by atoms with Crippen molar-refractivity contribution in [3.8, 4) is 0 Å². The first-order valence-electron chi connectivity index (χ1n) is 6.94. The SMILES string of the molecule is C[C@H](NC1CCc2c(F)cccc21)c1ccccc1Cl. The second kappa shape index (κ2) is 5.55. The van der Waals surface area contributed by atoms with Gasteiger partial charge in [0.2, 0.25) is 0 Å². The van der Waals surface area contributed by atoms with Gasteiger partial charge >= 0.3 is 0 Å². The first kappa shape index (κ1) is 13.6. The Morgan fingerprint density at radius 3 is 2.80 bits per heavy atom. The van der Waals surface area contributed by atoms with Gasteiger partial charge in [-0.15, -0.1) is 0 Å².